The Morgan fingerprint density at radius 1 is 0.367 bits per heavy atom. The molecule has 7 rings (SSSR count). The predicted molar refractivity (Wildman–Crippen MR) is 595 cm³/mol. The van der Waals surface area contributed by atoms with Crippen molar-refractivity contribution in [1.29, 1.82) is 0 Å². The van der Waals surface area contributed by atoms with E-state index in [0.29, 0.717) is 63.1 Å². The molecule has 0 aliphatic rings. The number of benzene rings is 6. The van der Waals surface area contributed by atoms with Crippen LogP contribution in [0.4, 0.5) is 5.69 Å². The summed E-state index contributed by atoms with van der Waals surface area (Å²) in [5, 5.41) is 28.8. The molecule has 139 heavy (non-hydrogen) atoms. The molecule has 0 bridgehead atoms. The maximum atomic E-state index is 10.1. The third-order valence-electron chi connectivity index (χ3n) is 26.0. The number of hydrogen-bond acceptors (Lipinski definition) is 14. The van der Waals surface area contributed by atoms with Gasteiger partial charge in [-0.25, -0.2) is 4.98 Å². The summed E-state index contributed by atoms with van der Waals surface area (Å²) in [5.41, 5.74) is 18.5. The summed E-state index contributed by atoms with van der Waals surface area (Å²) in [5.74, 6) is 0.290. The summed E-state index contributed by atoms with van der Waals surface area (Å²) in [6.07, 6.45) is 47.8. The molecule has 0 aliphatic heterocycles. The number of aromatic nitrogens is 2. The number of unbranched alkanes of at least 4 members (excludes halogenated alkanes) is 23. The number of ether oxygens (including phenoxy) is 5. The van der Waals surface area contributed by atoms with Crippen molar-refractivity contribution in [3.63, 3.8) is 0 Å². The number of carboxylic acid groups (broad SMARTS) is 1. The van der Waals surface area contributed by atoms with Crippen LogP contribution in [0.25, 0.3) is 33.9 Å². The third kappa shape index (κ3) is 61.2. The largest absolute Gasteiger partial charge is 0.870 e. The number of aliphatic hydroxyl groups excluding tert-OH is 2. The highest BCUT2D eigenvalue weighted by Gasteiger charge is 2.30. The Morgan fingerprint density at radius 2 is 0.669 bits per heavy atom. The minimum absolute atomic E-state index is 0. The minimum atomic E-state index is -1.13. The van der Waals surface area contributed by atoms with Crippen LogP contribution >= 0.6 is 0 Å². The van der Waals surface area contributed by atoms with E-state index in [1.54, 1.807) is 50.6 Å². The number of nitrogens with two attached hydrogens (primary N) is 1. The molecule has 6 aromatic carbocycles. The Morgan fingerprint density at radius 3 is 0.986 bits per heavy atom. The number of nitrogen functional groups attached to an aromatic ring is 1. The zero-order chi connectivity index (χ0) is 102. The van der Waals surface area contributed by atoms with E-state index in [2.05, 4.69) is 202 Å². The van der Waals surface area contributed by atoms with Crippen LogP contribution in [0.15, 0.2) is 152 Å². The molecule has 0 atom stereocenters. The smallest absolute Gasteiger partial charge is 0.138 e. The van der Waals surface area contributed by atoms with Gasteiger partial charge in [0.05, 0.1) is 123 Å². The number of aromatic amines is 1. The lowest BCUT2D eigenvalue weighted by Gasteiger charge is -2.39. The molecular weight excluding hydrogens is 1720 g/mol. The SMILES string of the molecule is CC(C)(C)c1cc(C(C)(C)C)c(N)c(C(C)(C)C)c1.CCCCCCCCN(CCCCCCCC)CCCCCCCC.CCCC[N+](CCCC)(CCCC)CCCC.CCCC[N+](CCCC)(CCCC)CCCC.COCCN(CCOC)CCOCCOCCOc1c(CO)cccc1CO.O=C([O-])c1ccccc1.[OH-].c1ccc(-c2nc(-c3ccccc3)c(-c3ccccc3)[nH]2)cc1. The fraction of sp³-hybridized carbons (Fsp3) is 0.672. The third-order valence-corrected chi connectivity index (χ3v) is 26.0. The number of aliphatic hydroxyl groups is 2. The van der Waals surface area contributed by atoms with Gasteiger partial charge in [0.1, 0.15) is 18.2 Å². The standard InChI is InChI=1S/C24H51N.C21H16N2.C20H35NO7.C18H31N.2C16H36N.C7H6O2.H2O/c1-4-7-10-13-16-19-22-25(23-20-17-14-11-8-5-2)24-21-18-15-12-9-6-3;1-4-10-16(11-5-1)19-20(17-12-6-2-7-13-17)23-21(22-19)18-14-8-3-9-15-18;1-24-9-6-21(7-10-25-2)8-11-26-12-13-27-14-15-28-20-18(16-22)4-3-5-19(20)17-23;1-16(2,3)12-10-13(17(4,5)6)15(19)14(11-12)18(7,8)9;2*1-5-9-13-17(14-10-6-2,15-11-7-3)16-12-8-4;8-7(9)6-4-2-1-3-5-6;/h4-24H2,1-3H3;1-15H,(H,22,23);3-5,22-23H,6-17H2,1-2H3;10-11H,19H2,1-9H3;2*5-16H2,1-4H3;1-5H,(H,8,9);1H2/q;;;;2*+1;;/p-2. The van der Waals surface area contributed by atoms with Crippen LogP contribution in [0.3, 0.4) is 0 Å². The van der Waals surface area contributed by atoms with Crippen molar-refractivity contribution in [1.82, 2.24) is 19.8 Å². The van der Waals surface area contributed by atoms with E-state index in [0.717, 1.165) is 59.2 Å². The average molecular weight is 1940 g/mol. The van der Waals surface area contributed by atoms with E-state index < -0.39 is 5.97 Å². The summed E-state index contributed by atoms with van der Waals surface area (Å²) in [7, 11) is 3.39. The van der Waals surface area contributed by atoms with Crippen molar-refractivity contribution in [2.75, 3.05) is 158 Å². The van der Waals surface area contributed by atoms with Crippen molar-refractivity contribution < 1.29 is 58.2 Å². The number of carbonyl (C=O) groups excluding carboxylic acids is 1. The summed E-state index contributed by atoms with van der Waals surface area (Å²) < 4.78 is 29.9. The lowest BCUT2D eigenvalue weighted by atomic mass is 9.74. The van der Waals surface area contributed by atoms with E-state index >= 15 is 0 Å². The summed E-state index contributed by atoms with van der Waals surface area (Å²) in [6.45, 7) is 67.2. The number of carbonyl (C=O) groups is 1. The van der Waals surface area contributed by atoms with Crippen LogP contribution in [-0.4, -0.2) is 202 Å². The fourth-order valence-corrected chi connectivity index (χ4v) is 17.2. The molecule has 17 heteroatoms. The number of nitrogens with zero attached hydrogens (tertiary/aromatic N) is 5. The number of methoxy groups -OCH3 is 2. The molecule has 17 nitrogen and oxygen atoms in total. The highest BCUT2D eigenvalue weighted by atomic mass is 16.5. The van der Waals surface area contributed by atoms with Crippen LogP contribution in [0.1, 0.15) is 395 Å². The van der Waals surface area contributed by atoms with Crippen molar-refractivity contribution in [2.24, 2.45) is 0 Å². The number of anilines is 1. The number of hydrogen-bond donors (Lipinski definition) is 4. The second kappa shape index (κ2) is 83.5. The normalized spacial score (nSPS) is 11.5. The Kier molecular flexibility index (Phi) is 79.4. The van der Waals surface area contributed by atoms with Crippen molar-refractivity contribution in [3.8, 4) is 39.7 Å². The summed E-state index contributed by atoms with van der Waals surface area (Å²) >= 11 is 0. The lowest BCUT2D eigenvalue weighted by molar-refractivity contribution is -0.929. The van der Waals surface area contributed by atoms with Gasteiger partial charge in [0.2, 0.25) is 0 Å². The first-order valence-electron chi connectivity index (χ1n) is 55.3. The Hall–Kier alpha value is -6.84. The van der Waals surface area contributed by atoms with Crippen LogP contribution in [0, 0.1) is 0 Å². The maximum Gasteiger partial charge on any atom is 0.138 e. The van der Waals surface area contributed by atoms with Gasteiger partial charge in [0.25, 0.3) is 0 Å². The molecule has 0 fully saturated rings. The minimum Gasteiger partial charge on any atom is -0.870 e. The number of nitrogens with one attached hydrogen (secondary N) is 1. The highest BCUT2D eigenvalue weighted by molar-refractivity contribution is 5.85. The van der Waals surface area contributed by atoms with Crippen LogP contribution in [-0.2, 0) is 48.4 Å². The number of quaternary nitrogens is 2. The molecule has 0 spiro atoms. The first-order valence-corrected chi connectivity index (χ1v) is 55.3. The Bertz CT molecular complexity index is 3670. The summed E-state index contributed by atoms with van der Waals surface area (Å²) in [4.78, 5) is 23.5. The topological polar surface area (TPSA) is 218 Å². The van der Waals surface area contributed by atoms with E-state index in [9.17, 15) is 20.1 Å². The van der Waals surface area contributed by atoms with Gasteiger partial charge in [-0.1, -0.05) is 438 Å². The second-order valence-corrected chi connectivity index (χ2v) is 41.4. The highest BCUT2D eigenvalue weighted by Crippen LogP contribution is 2.40. The van der Waals surface area contributed by atoms with Crippen LogP contribution in [0.5, 0.6) is 5.75 Å². The number of imidazole rings is 1. The Balaban J connectivity index is 0.00000162. The molecule has 0 saturated heterocycles. The van der Waals surface area contributed by atoms with Gasteiger partial charge >= 0.3 is 0 Å². The molecule has 0 unspecified atom stereocenters. The molecule has 0 radical (unpaired) electrons. The zero-order valence-electron chi connectivity index (χ0n) is 93.3. The Labute approximate surface area is 853 Å². The first-order chi connectivity index (χ1) is 66.6. The van der Waals surface area contributed by atoms with Gasteiger partial charge in [-0.2, -0.15) is 0 Å². The quantitative estimate of drug-likeness (QED) is 0.0158. The maximum absolute atomic E-state index is 10.1. The monoisotopic (exact) mass is 1930 g/mol. The van der Waals surface area contributed by atoms with Gasteiger partial charge in [0, 0.05) is 67.4 Å². The van der Waals surface area contributed by atoms with Gasteiger partial charge in [0.15, 0.2) is 0 Å². The number of para-hydroxylation sites is 1. The lowest BCUT2D eigenvalue weighted by Crippen LogP contribution is -2.50. The number of carboxylic acids is 1. The average Bonchev–Trinajstić information content (AvgIpc) is 1.76. The van der Waals surface area contributed by atoms with E-state index in [1.165, 1.54) is 328 Å². The van der Waals surface area contributed by atoms with Crippen LogP contribution < -0.4 is 15.6 Å². The predicted octanol–water partition coefficient (Wildman–Crippen LogP) is 29.5. The fourth-order valence-electron chi connectivity index (χ4n) is 17.2. The van der Waals surface area contributed by atoms with Gasteiger partial charge in [-0.15, -0.1) is 0 Å². The number of rotatable bonds is 67. The van der Waals surface area contributed by atoms with Gasteiger partial charge in [-0.05, 0) is 129 Å². The summed E-state index contributed by atoms with van der Waals surface area (Å²) in [6, 6.07) is 48.8. The number of H-pyrrole nitrogens is 1. The zero-order valence-corrected chi connectivity index (χ0v) is 93.3. The molecule has 0 aliphatic carbocycles. The van der Waals surface area contributed by atoms with E-state index in [-0.39, 0.29) is 40.5 Å². The molecule has 7 aromatic rings. The first kappa shape index (κ1) is 132. The molecular formula is C122H211N7O10. The van der Waals surface area contributed by atoms with E-state index in [1.807, 2.05) is 54.6 Å². The second-order valence-electron chi connectivity index (χ2n) is 41.4. The van der Waals surface area contributed by atoms with Gasteiger partial charge < -0.3 is 73.9 Å². The molecule has 0 saturated carbocycles. The van der Waals surface area contributed by atoms with Crippen molar-refractivity contribution >= 4 is 11.7 Å². The molecule has 6 N–H and O–H groups in total. The van der Waals surface area contributed by atoms with Crippen LogP contribution in [0.2, 0.25) is 0 Å². The van der Waals surface area contributed by atoms with E-state index in [4.69, 9.17) is 34.4 Å². The molecule has 794 valence electrons. The van der Waals surface area contributed by atoms with Gasteiger partial charge in [-0.3, -0.25) is 4.90 Å². The molecule has 1 aromatic heterocycles. The number of aromatic carboxylic acids is 1. The van der Waals surface area contributed by atoms with Crippen molar-refractivity contribution in [3.05, 3.63) is 185 Å². The molecule has 1 heterocycles. The molecule has 0 amide bonds. The van der Waals surface area contributed by atoms with Crippen molar-refractivity contribution in [2.45, 2.75) is 386 Å².